The van der Waals surface area contributed by atoms with E-state index in [0.717, 1.165) is 17.0 Å². The second kappa shape index (κ2) is 5.69. The molecule has 21 heavy (non-hydrogen) atoms. The van der Waals surface area contributed by atoms with E-state index in [1.807, 2.05) is 20.9 Å². The molecule has 2 N–H and O–H groups in total. The largest absolute Gasteiger partial charge is 0.480 e. The van der Waals surface area contributed by atoms with Gasteiger partial charge in [-0.25, -0.2) is 4.79 Å². The Labute approximate surface area is 122 Å². The third-order valence-corrected chi connectivity index (χ3v) is 3.80. The molecule has 1 aromatic rings. The van der Waals surface area contributed by atoms with Gasteiger partial charge in [0.15, 0.2) is 0 Å². The van der Waals surface area contributed by atoms with Crippen LogP contribution in [0, 0.1) is 13.8 Å². The SMILES string of the molecule is Cc1nn(C)c(C)c1/C=C/C(=O)N1CC(O)CC1C(=O)O. The van der Waals surface area contributed by atoms with Crippen molar-refractivity contribution >= 4 is 18.0 Å². The summed E-state index contributed by atoms with van der Waals surface area (Å²) in [6.45, 7) is 3.78. The second-order valence-electron chi connectivity index (χ2n) is 5.28. The Bertz CT molecular complexity index is 606. The molecule has 1 saturated heterocycles. The summed E-state index contributed by atoms with van der Waals surface area (Å²) in [5.41, 5.74) is 2.57. The molecule has 1 aromatic heterocycles. The molecule has 2 atom stereocenters. The zero-order valence-electron chi connectivity index (χ0n) is 12.3. The van der Waals surface area contributed by atoms with Gasteiger partial charge < -0.3 is 15.1 Å². The average Bonchev–Trinajstić information content (AvgIpc) is 2.90. The van der Waals surface area contributed by atoms with Crippen LogP contribution >= 0.6 is 0 Å². The van der Waals surface area contributed by atoms with Gasteiger partial charge in [0.2, 0.25) is 5.91 Å². The van der Waals surface area contributed by atoms with E-state index in [2.05, 4.69) is 5.10 Å². The number of aromatic nitrogens is 2. The van der Waals surface area contributed by atoms with Crippen molar-refractivity contribution in [3.8, 4) is 0 Å². The zero-order valence-corrected chi connectivity index (χ0v) is 12.3. The van der Waals surface area contributed by atoms with Gasteiger partial charge in [0, 0.05) is 37.3 Å². The fourth-order valence-corrected chi connectivity index (χ4v) is 2.57. The fraction of sp³-hybridized carbons (Fsp3) is 0.500. The Morgan fingerprint density at radius 3 is 2.57 bits per heavy atom. The van der Waals surface area contributed by atoms with Gasteiger partial charge in [0.05, 0.1) is 11.8 Å². The number of β-amino-alcohol motifs (C(OH)–C–C–N with tert-alkyl or cyclic N) is 1. The van der Waals surface area contributed by atoms with E-state index < -0.39 is 24.0 Å². The van der Waals surface area contributed by atoms with E-state index in [9.17, 15) is 14.7 Å². The summed E-state index contributed by atoms with van der Waals surface area (Å²) in [7, 11) is 1.82. The molecule has 1 amide bonds. The Kier molecular flexibility index (Phi) is 4.13. The van der Waals surface area contributed by atoms with Crippen LogP contribution in [-0.2, 0) is 16.6 Å². The number of carboxylic acids is 1. The summed E-state index contributed by atoms with van der Waals surface area (Å²) in [6, 6.07) is -0.965. The molecule has 0 bridgehead atoms. The maximum absolute atomic E-state index is 12.1. The summed E-state index contributed by atoms with van der Waals surface area (Å²) in [4.78, 5) is 24.4. The van der Waals surface area contributed by atoms with Crippen LogP contribution in [0.3, 0.4) is 0 Å². The van der Waals surface area contributed by atoms with E-state index in [1.54, 1.807) is 10.8 Å². The molecule has 1 aliphatic heterocycles. The Morgan fingerprint density at radius 2 is 2.05 bits per heavy atom. The lowest BCUT2D eigenvalue weighted by Crippen LogP contribution is -2.39. The highest BCUT2D eigenvalue weighted by Gasteiger charge is 2.38. The number of hydrogen-bond donors (Lipinski definition) is 2. The molecule has 2 heterocycles. The van der Waals surface area contributed by atoms with Crippen LogP contribution in [0.4, 0.5) is 0 Å². The second-order valence-corrected chi connectivity index (χ2v) is 5.28. The number of aliphatic carboxylic acids is 1. The van der Waals surface area contributed by atoms with E-state index in [4.69, 9.17) is 5.11 Å². The Morgan fingerprint density at radius 1 is 1.38 bits per heavy atom. The first-order valence-electron chi connectivity index (χ1n) is 6.71. The Hall–Kier alpha value is -2.15. The van der Waals surface area contributed by atoms with E-state index in [0.29, 0.717) is 0 Å². The molecule has 114 valence electrons. The highest BCUT2D eigenvalue weighted by atomic mass is 16.4. The fourth-order valence-electron chi connectivity index (χ4n) is 2.57. The number of aliphatic hydroxyl groups excluding tert-OH is 1. The highest BCUT2D eigenvalue weighted by molar-refractivity contribution is 5.95. The molecule has 2 unspecified atom stereocenters. The third kappa shape index (κ3) is 2.97. The number of likely N-dealkylation sites (tertiary alicyclic amines) is 1. The zero-order chi connectivity index (χ0) is 15.7. The molecular weight excluding hydrogens is 274 g/mol. The van der Waals surface area contributed by atoms with Crippen molar-refractivity contribution in [1.29, 1.82) is 0 Å². The number of carboxylic acid groups (broad SMARTS) is 1. The number of rotatable bonds is 3. The molecule has 2 rings (SSSR count). The number of amides is 1. The summed E-state index contributed by atoms with van der Waals surface area (Å²) in [5.74, 6) is -1.51. The van der Waals surface area contributed by atoms with E-state index in [1.165, 1.54) is 11.0 Å². The topological polar surface area (TPSA) is 95.7 Å². The lowest BCUT2D eigenvalue weighted by atomic mass is 10.1. The predicted molar refractivity (Wildman–Crippen MR) is 75.5 cm³/mol. The maximum atomic E-state index is 12.1. The van der Waals surface area contributed by atoms with Gasteiger partial charge in [0.25, 0.3) is 0 Å². The van der Waals surface area contributed by atoms with E-state index in [-0.39, 0.29) is 13.0 Å². The summed E-state index contributed by atoms with van der Waals surface area (Å²) < 4.78 is 1.72. The summed E-state index contributed by atoms with van der Waals surface area (Å²) in [6.07, 6.45) is 2.26. The molecule has 0 saturated carbocycles. The van der Waals surface area contributed by atoms with Gasteiger partial charge >= 0.3 is 5.97 Å². The molecule has 7 nitrogen and oxygen atoms in total. The first-order chi connectivity index (χ1) is 9.81. The maximum Gasteiger partial charge on any atom is 0.326 e. The number of aliphatic hydroxyl groups is 1. The molecule has 7 heteroatoms. The molecule has 0 aromatic carbocycles. The minimum atomic E-state index is -1.10. The van der Waals surface area contributed by atoms with Gasteiger partial charge in [-0.05, 0) is 19.9 Å². The number of carbonyl (C=O) groups is 2. The number of aryl methyl sites for hydroxylation is 2. The van der Waals surface area contributed by atoms with Crippen molar-refractivity contribution in [3.05, 3.63) is 23.0 Å². The number of nitrogens with zero attached hydrogens (tertiary/aromatic N) is 3. The molecular formula is C14H19N3O4. The Balaban J connectivity index is 2.17. The van der Waals surface area contributed by atoms with Crippen molar-refractivity contribution < 1.29 is 19.8 Å². The predicted octanol–water partition coefficient (Wildman–Crippen LogP) is 0.0965. The van der Waals surface area contributed by atoms with Crippen molar-refractivity contribution in [2.24, 2.45) is 7.05 Å². The van der Waals surface area contributed by atoms with Gasteiger partial charge in [-0.3, -0.25) is 9.48 Å². The van der Waals surface area contributed by atoms with Crippen LogP contribution in [0.25, 0.3) is 6.08 Å². The minimum Gasteiger partial charge on any atom is -0.480 e. The number of hydrogen-bond acceptors (Lipinski definition) is 4. The standard InChI is InChI=1S/C14H19N3O4/c1-8-11(9(2)16(3)15-8)4-5-13(19)17-7-10(18)6-12(17)14(20)21/h4-5,10,12,18H,6-7H2,1-3H3,(H,20,21)/b5-4+. The first kappa shape index (κ1) is 15.2. The molecule has 1 aliphatic rings. The molecule has 0 aliphatic carbocycles. The average molecular weight is 293 g/mol. The lowest BCUT2D eigenvalue weighted by molar-refractivity contribution is -0.146. The normalized spacial score (nSPS) is 22.2. The smallest absolute Gasteiger partial charge is 0.326 e. The van der Waals surface area contributed by atoms with Crippen LogP contribution in [0.2, 0.25) is 0 Å². The van der Waals surface area contributed by atoms with Crippen molar-refractivity contribution in [3.63, 3.8) is 0 Å². The highest BCUT2D eigenvalue weighted by Crippen LogP contribution is 2.20. The van der Waals surface area contributed by atoms with Crippen LogP contribution in [0.15, 0.2) is 6.08 Å². The van der Waals surface area contributed by atoms with Crippen LogP contribution in [-0.4, -0.2) is 55.5 Å². The molecule has 0 spiro atoms. The minimum absolute atomic E-state index is 0.0468. The van der Waals surface area contributed by atoms with Gasteiger partial charge in [-0.15, -0.1) is 0 Å². The van der Waals surface area contributed by atoms with Crippen molar-refractivity contribution in [2.75, 3.05) is 6.54 Å². The quantitative estimate of drug-likeness (QED) is 0.770. The first-order valence-corrected chi connectivity index (χ1v) is 6.71. The summed E-state index contributed by atoms with van der Waals surface area (Å²) >= 11 is 0. The molecule has 1 fully saturated rings. The lowest BCUT2D eigenvalue weighted by Gasteiger charge is -2.19. The summed E-state index contributed by atoms with van der Waals surface area (Å²) in [5, 5.41) is 22.9. The van der Waals surface area contributed by atoms with Crippen LogP contribution in [0.5, 0.6) is 0 Å². The van der Waals surface area contributed by atoms with Crippen LogP contribution < -0.4 is 0 Å². The molecule has 0 radical (unpaired) electrons. The van der Waals surface area contributed by atoms with Gasteiger partial charge in [-0.2, -0.15) is 5.10 Å². The third-order valence-electron chi connectivity index (χ3n) is 3.80. The number of carbonyl (C=O) groups excluding carboxylic acids is 1. The van der Waals surface area contributed by atoms with Gasteiger partial charge in [0.1, 0.15) is 6.04 Å². The van der Waals surface area contributed by atoms with Crippen LogP contribution in [0.1, 0.15) is 23.4 Å². The van der Waals surface area contributed by atoms with Crippen molar-refractivity contribution in [1.82, 2.24) is 14.7 Å². The van der Waals surface area contributed by atoms with E-state index >= 15 is 0 Å². The monoisotopic (exact) mass is 293 g/mol. The van der Waals surface area contributed by atoms with Gasteiger partial charge in [-0.1, -0.05) is 0 Å². The van der Waals surface area contributed by atoms with Crippen molar-refractivity contribution in [2.45, 2.75) is 32.4 Å².